The predicted molar refractivity (Wildman–Crippen MR) is 54.3 cm³/mol. The molecule has 0 saturated carbocycles. The summed E-state index contributed by atoms with van der Waals surface area (Å²) >= 11 is 0. The predicted octanol–water partition coefficient (Wildman–Crippen LogP) is -0.633. The van der Waals surface area contributed by atoms with Crippen LogP contribution in [0.2, 0.25) is 0 Å². The average Bonchev–Trinajstić information content (AvgIpc) is 2.54. The van der Waals surface area contributed by atoms with Gasteiger partial charge in [0.15, 0.2) is 0 Å². The number of rotatable bonds is 5. The maximum atomic E-state index is 11.5. The highest BCUT2D eigenvalue weighted by Crippen LogP contribution is 2.11. The Morgan fingerprint density at radius 1 is 1.40 bits per heavy atom. The van der Waals surface area contributed by atoms with E-state index in [-0.39, 0.29) is 19.0 Å². The molecule has 5 heteroatoms. The number of hydrogen-bond acceptors (Lipinski definition) is 4. The molecule has 0 spiro atoms. The molecule has 2 unspecified atom stereocenters. The van der Waals surface area contributed by atoms with E-state index in [2.05, 4.69) is 0 Å². The molecule has 0 aliphatic carbocycles. The van der Waals surface area contributed by atoms with Crippen molar-refractivity contribution in [2.24, 2.45) is 0 Å². The molecule has 1 aliphatic rings. The minimum Gasteiger partial charge on any atom is -0.388 e. The van der Waals surface area contributed by atoms with Crippen LogP contribution in [0, 0.1) is 0 Å². The normalized spacial score (nSPS) is 25.9. The standard InChI is InChI=1S/C10H19NO4/c1-2-15-5-3-4-10(14)11-6-8(12)9(13)7-11/h8-9,12-13H,2-7H2,1H3. The molecule has 2 N–H and O–H groups in total. The SMILES string of the molecule is CCOCCCC(=O)N1CC(O)C(O)C1. The first kappa shape index (κ1) is 12.4. The summed E-state index contributed by atoms with van der Waals surface area (Å²) in [6.45, 7) is 3.65. The molecular formula is C10H19NO4. The van der Waals surface area contributed by atoms with Crippen molar-refractivity contribution in [3.8, 4) is 0 Å². The lowest BCUT2D eigenvalue weighted by Gasteiger charge is -2.14. The summed E-state index contributed by atoms with van der Waals surface area (Å²) in [5, 5.41) is 18.5. The van der Waals surface area contributed by atoms with E-state index in [0.29, 0.717) is 26.1 Å². The molecule has 0 aromatic carbocycles. The van der Waals surface area contributed by atoms with Crippen molar-refractivity contribution in [3.05, 3.63) is 0 Å². The lowest BCUT2D eigenvalue weighted by molar-refractivity contribution is -0.131. The maximum absolute atomic E-state index is 11.5. The topological polar surface area (TPSA) is 70.0 Å². The second-order valence-electron chi connectivity index (χ2n) is 3.73. The number of ether oxygens (including phenoxy) is 1. The van der Waals surface area contributed by atoms with E-state index in [4.69, 9.17) is 4.74 Å². The Balaban J connectivity index is 2.18. The van der Waals surface area contributed by atoms with Crippen molar-refractivity contribution < 1.29 is 19.7 Å². The number of carbonyl (C=O) groups is 1. The highest BCUT2D eigenvalue weighted by atomic mass is 16.5. The van der Waals surface area contributed by atoms with Crippen LogP contribution >= 0.6 is 0 Å². The van der Waals surface area contributed by atoms with Crippen LogP contribution in [-0.4, -0.2) is 59.5 Å². The van der Waals surface area contributed by atoms with E-state index in [1.54, 1.807) is 0 Å². The molecule has 1 rings (SSSR count). The van der Waals surface area contributed by atoms with Crippen LogP contribution in [0.4, 0.5) is 0 Å². The molecule has 1 heterocycles. The summed E-state index contributed by atoms with van der Waals surface area (Å²) in [7, 11) is 0. The number of amides is 1. The van der Waals surface area contributed by atoms with Crippen molar-refractivity contribution in [1.29, 1.82) is 0 Å². The van der Waals surface area contributed by atoms with E-state index in [0.717, 1.165) is 0 Å². The van der Waals surface area contributed by atoms with Crippen molar-refractivity contribution >= 4 is 5.91 Å². The van der Waals surface area contributed by atoms with E-state index >= 15 is 0 Å². The molecule has 1 amide bonds. The average molecular weight is 217 g/mol. The van der Waals surface area contributed by atoms with Gasteiger partial charge in [0, 0.05) is 32.7 Å². The van der Waals surface area contributed by atoms with Gasteiger partial charge in [-0.2, -0.15) is 0 Å². The fourth-order valence-electron chi connectivity index (χ4n) is 1.60. The molecule has 1 saturated heterocycles. The number of aliphatic hydroxyl groups excluding tert-OH is 2. The van der Waals surface area contributed by atoms with E-state index in [9.17, 15) is 15.0 Å². The van der Waals surface area contributed by atoms with Crippen molar-refractivity contribution in [2.75, 3.05) is 26.3 Å². The zero-order chi connectivity index (χ0) is 11.3. The lowest BCUT2D eigenvalue weighted by atomic mass is 10.3. The number of hydrogen-bond donors (Lipinski definition) is 2. The molecule has 0 bridgehead atoms. The Morgan fingerprint density at radius 2 is 2.00 bits per heavy atom. The second-order valence-corrected chi connectivity index (χ2v) is 3.73. The van der Waals surface area contributed by atoms with Gasteiger partial charge in [-0.3, -0.25) is 4.79 Å². The molecule has 2 atom stereocenters. The molecule has 0 aromatic rings. The van der Waals surface area contributed by atoms with Crippen molar-refractivity contribution in [3.63, 3.8) is 0 Å². The Hall–Kier alpha value is -0.650. The van der Waals surface area contributed by atoms with Crippen LogP contribution in [-0.2, 0) is 9.53 Å². The number of aliphatic hydroxyl groups is 2. The van der Waals surface area contributed by atoms with Crippen LogP contribution in [0.15, 0.2) is 0 Å². The molecule has 0 radical (unpaired) electrons. The summed E-state index contributed by atoms with van der Waals surface area (Å²) in [5.41, 5.74) is 0. The lowest BCUT2D eigenvalue weighted by Crippen LogP contribution is -2.29. The molecule has 15 heavy (non-hydrogen) atoms. The van der Waals surface area contributed by atoms with Gasteiger partial charge in [0.2, 0.25) is 5.91 Å². The van der Waals surface area contributed by atoms with Crippen LogP contribution in [0.5, 0.6) is 0 Å². The molecular weight excluding hydrogens is 198 g/mol. The first-order chi connectivity index (χ1) is 7.15. The summed E-state index contributed by atoms with van der Waals surface area (Å²) in [4.78, 5) is 13.0. The molecule has 1 aliphatic heterocycles. The number of carbonyl (C=O) groups excluding carboxylic acids is 1. The zero-order valence-corrected chi connectivity index (χ0v) is 9.06. The van der Waals surface area contributed by atoms with Gasteiger partial charge < -0.3 is 19.8 Å². The van der Waals surface area contributed by atoms with Gasteiger partial charge in [-0.1, -0.05) is 0 Å². The molecule has 5 nitrogen and oxygen atoms in total. The fraction of sp³-hybridized carbons (Fsp3) is 0.900. The number of β-amino-alcohol motifs (C(OH)–C–C–N with tert-alkyl or cyclic N) is 2. The van der Waals surface area contributed by atoms with Gasteiger partial charge in [0.05, 0.1) is 12.2 Å². The summed E-state index contributed by atoms with van der Waals surface area (Å²) in [6, 6.07) is 0. The van der Waals surface area contributed by atoms with Crippen LogP contribution < -0.4 is 0 Å². The van der Waals surface area contributed by atoms with Crippen LogP contribution in [0.1, 0.15) is 19.8 Å². The minimum absolute atomic E-state index is 0.0229. The third-order valence-electron chi connectivity index (χ3n) is 2.50. The highest BCUT2D eigenvalue weighted by Gasteiger charge is 2.31. The van der Waals surface area contributed by atoms with E-state index in [1.165, 1.54) is 4.90 Å². The smallest absolute Gasteiger partial charge is 0.222 e. The maximum Gasteiger partial charge on any atom is 0.222 e. The molecule has 88 valence electrons. The van der Waals surface area contributed by atoms with Gasteiger partial charge >= 0.3 is 0 Å². The third kappa shape index (κ3) is 3.77. The van der Waals surface area contributed by atoms with E-state index in [1.807, 2.05) is 6.92 Å². The van der Waals surface area contributed by atoms with Gasteiger partial charge in [-0.15, -0.1) is 0 Å². The van der Waals surface area contributed by atoms with Gasteiger partial charge in [0.25, 0.3) is 0 Å². The summed E-state index contributed by atoms with van der Waals surface area (Å²) in [6.07, 6.45) is -0.476. The van der Waals surface area contributed by atoms with Gasteiger partial charge in [-0.25, -0.2) is 0 Å². The van der Waals surface area contributed by atoms with Crippen LogP contribution in [0.3, 0.4) is 0 Å². The largest absolute Gasteiger partial charge is 0.388 e. The quantitative estimate of drug-likeness (QED) is 0.601. The first-order valence-corrected chi connectivity index (χ1v) is 5.36. The number of likely N-dealkylation sites (tertiary alicyclic amines) is 1. The summed E-state index contributed by atoms with van der Waals surface area (Å²) in [5.74, 6) is -0.0229. The van der Waals surface area contributed by atoms with Crippen LogP contribution in [0.25, 0.3) is 0 Å². The molecule has 1 fully saturated rings. The second kappa shape index (κ2) is 6.05. The minimum atomic E-state index is -0.791. The molecule has 0 aromatic heterocycles. The van der Waals surface area contributed by atoms with E-state index < -0.39 is 12.2 Å². The Morgan fingerprint density at radius 3 is 2.53 bits per heavy atom. The van der Waals surface area contributed by atoms with Gasteiger partial charge in [-0.05, 0) is 13.3 Å². The highest BCUT2D eigenvalue weighted by molar-refractivity contribution is 5.76. The Labute approximate surface area is 89.6 Å². The fourth-order valence-corrected chi connectivity index (χ4v) is 1.60. The summed E-state index contributed by atoms with van der Waals surface area (Å²) < 4.78 is 5.12. The zero-order valence-electron chi connectivity index (χ0n) is 9.06. The monoisotopic (exact) mass is 217 g/mol. The van der Waals surface area contributed by atoms with Crippen molar-refractivity contribution in [2.45, 2.75) is 32.0 Å². The Bertz CT molecular complexity index is 200. The van der Waals surface area contributed by atoms with Gasteiger partial charge in [0.1, 0.15) is 0 Å². The Kier molecular flexibility index (Phi) is 5.01. The third-order valence-corrected chi connectivity index (χ3v) is 2.50. The first-order valence-electron chi connectivity index (χ1n) is 5.36. The number of nitrogens with zero attached hydrogens (tertiary/aromatic N) is 1. The van der Waals surface area contributed by atoms with Crippen molar-refractivity contribution in [1.82, 2.24) is 4.90 Å².